The van der Waals surface area contributed by atoms with E-state index in [1.807, 2.05) is 7.05 Å². The maximum absolute atomic E-state index is 11.8. The molecule has 4 N–H and O–H groups in total. The average Bonchev–Trinajstić information content (AvgIpc) is 2.65. The molecule has 1 rings (SSSR count). The number of rotatable bonds is 9. The lowest BCUT2D eigenvalue weighted by Crippen LogP contribution is -2.18. The monoisotopic (exact) mass is 347 g/mol. The SMILES string of the molecule is CNCCOC(=O)c1ncc(OCCNC)cc1OC.CO.CO. The van der Waals surface area contributed by atoms with Gasteiger partial charge < -0.3 is 35.1 Å². The molecule has 0 aliphatic rings. The van der Waals surface area contributed by atoms with Crippen LogP contribution in [0, 0.1) is 0 Å². The van der Waals surface area contributed by atoms with Crippen LogP contribution in [0.4, 0.5) is 0 Å². The fourth-order valence-corrected chi connectivity index (χ4v) is 1.40. The minimum atomic E-state index is -0.515. The van der Waals surface area contributed by atoms with Gasteiger partial charge >= 0.3 is 5.97 Å². The van der Waals surface area contributed by atoms with E-state index in [0.29, 0.717) is 24.7 Å². The van der Waals surface area contributed by atoms with Gasteiger partial charge in [0, 0.05) is 33.4 Å². The van der Waals surface area contributed by atoms with Crippen LogP contribution in [-0.2, 0) is 4.74 Å². The van der Waals surface area contributed by atoms with E-state index in [1.54, 1.807) is 13.1 Å². The lowest BCUT2D eigenvalue weighted by Gasteiger charge is -2.10. The van der Waals surface area contributed by atoms with Gasteiger partial charge in [0.1, 0.15) is 19.0 Å². The van der Waals surface area contributed by atoms with Gasteiger partial charge in [-0.2, -0.15) is 0 Å². The van der Waals surface area contributed by atoms with Gasteiger partial charge in [0.15, 0.2) is 11.4 Å². The van der Waals surface area contributed by atoms with Gasteiger partial charge in [0.05, 0.1) is 13.3 Å². The number of carbonyl (C=O) groups is 1. The summed E-state index contributed by atoms with van der Waals surface area (Å²) in [5.74, 6) is 0.365. The third kappa shape index (κ3) is 9.95. The quantitative estimate of drug-likeness (QED) is 0.339. The summed E-state index contributed by atoms with van der Waals surface area (Å²) in [6, 6.07) is 1.62. The zero-order valence-corrected chi connectivity index (χ0v) is 15.0. The highest BCUT2D eigenvalue weighted by atomic mass is 16.5. The second-order valence-corrected chi connectivity index (χ2v) is 3.91. The molecule has 140 valence electrons. The van der Waals surface area contributed by atoms with Gasteiger partial charge in [-0.3, -0.25) is 0 Å². The second kappa shape index (κ2) is 17.4. The summed E-state index contributed by atoms with van der Waals surface area (Å²) < 4.78 is 15.7. The van der Waals surface area contributed by atoms with Gasteiger partial charge in [-0.15, -0.1) is 0 Å². The first-order valence-corrected chi connectivity index (χ1v) is 7.25. The number of aliphatic hydroxyl groups is 2. The number of hydrogen-bond donors (Lipinski definition) is 4. The van der Waals surface area contributed by atoms with Crippen LogP contribution in [0.3, 0.4) is 0 Å². The van der Waals surface area contributed by atoms with Crippen molar-refractivity contribution < 1.29 is 29.2 Å². The van der Waals surface area contributed by atoms with Gasteiger partial charge in [-0.1, -0.05) is 0 Å². The van der Waals surface area contributed by atoms with Crippen LogP contribution in [0.1, 0.15) is 10.5 Å². The molecule has 0 radical (unpaired) electrons. The predicted molar refractivity (Wildman–Crippen MR) is 90.7 cm³/mol. The smallest absolute Gasteiger partial charge is 0.360 e. The van der Waals surface area contributed by atoms with Crippen molar-refractivity contribution in [2.24, 2.45) is 0 Å². The molecule has 0 saturated heterocycles. The van der Waals surface area contributed by atoms with E-state index < -0.39 is 5.97 Å². The number of ether oxygens (including phenoxy) is 3. The maximum atomic E-state index is 11.8. The Kier molecular flexibility index (Phi) is 17.6. The highest BCUT2D eigenvalue weighted by molar-refractivity contribution is 5.90. The van der Waals surface area contributed by atoms with E-state index in [-0.39, 0.29) is 12.3 Å². The van der Waals surface area contributed by atoms with Crippen LogP contribution < -0.4 is 20.1 Å². The van der Waals surface area contributed by atoms with Crippen molar-refractivity contribution in [3.8, 4) is 11.5 Å². The van der Waals surface area contributed by atoms with Crippen molar-refractivity contribution in [1.29, 1.82) is 0 Å². The molecule has 0 unspecified atom stereocenters. The maximum Gasteiger partial charge on any atom is 0.360 e. The molecule has 0 amide bonds. The van der Waals surface area contributed by atoms with Crippen LogP contribution >= 0.6 is 0 Å². The Morgan fingerprint density at radius 3 is 2.25 bits per heavy atom. The molecule has 0 fully saturated rings. The molecule has 9 nitrogen and oxygen atoms in total. The Labute approximate surface area is 143 Å². The molecule has 0 aliphatic heterocycles. The minimum Gasteiger partial charge on any atom is -0.494 e. The van der Waals surface area contributed by atoms with Crippen molar-refractivity contribution in [2.75, 3.05) is 61.7 Å². The number of nitrogens with one attached hydrogen (secondary N) is 2. The first-order valence-electron chi connectivity index (χ1n) is 7.25. The molecule has 0 spiro atoms. The van der Waals surface area contributed by atoms with Crippen LogP contribution in [0.5, 0.6) is 11.5 Å². The second-order valence-electron chi connectivity index (χ2n) is 3.91. The molecule has 0 atom stereocenters. The number of aliphatic hydroxyl groups excluding tert-OH is 2. The van der Waals surface area contributed by atoms with Gasteiger partial charge in [-0.25, -0.2) is 9.78 Å². The van der Waals surface area contributed by atoms with Crippen molar-refractivity contribution >= 4 is 5.97 Å². The van der Waals surface area contributed by atoms with Gasteiger partial charge in [-0.05, 0) is 14.1 Å². The Hall–Kier alpha value is -1.94. The Bertz CT molecular complexity index is 432. The van der Waals surface area contributed by atoms with Crippen LogP contribution in [0.25, 0.3) is 0 Å². The van der Waals surface area contributed by atoms with Crippen molar-refractivity contribution in [3.05, 3.63) is 18.0 Å². The van der Waals surface area contributed by atoms with Crippen molar-refractivity contribution in [3.63, 3.8) is 0 Å². The van der Waals surface area contributed by atoms with E-state index in [9.17, 15) is 4.79 Å². The van der Waals surface area contributed by atoms with E-state index >= 15 is 0 Å². The zero-order valence-electron chi connectivity index (χ0n) is 15.0. The number of hydrogen-bond acceptors (Lipinski definition) is 9. The first kappa shape index (κ1) is 24.3. The standard InChI is InChI=1S/C13H21N3O4.2CH4O/c1-14-4-6-19-10-8-11(18-3)12(16-9-10)13(17)20-7-5-15-2;2*1-2/h8-9,14-15H,4-7H2,1-3H3;2*2H,1H3. The number of likely N-dealkylation sites (N-methyl/N-ethyl adjacent to an activating group) is 2. The van der Waals surface area contributed by atoms with Gasteiger partial charge in [0.2, 0.25) is 0 Å². The summed E-state index contributed by atoms with van der Waals surface area (Å²) in [7, 11) is 7.09. The number of carbonyl (C=O) groups excluding carboxylic acids is 1. The molecule has 0 aliphatic carbocycles. The predicted octanol–water partition coefficient (Wildman–Crippen LogP) is -0.718. The average molecular weight is 347 g/mol. The normalized spacial score (nSPS) is 8.96. The molecular formula is C15H29N3O6. The van der Waals surface area contributed by atoms with E-state index in [2.05, 4.69) is 15.6 Å². The highest BCUT2D eigenvalue weighted by Gasteiger charge is 2.16. The van der Waals surface area contributed by atoms with Crippen molar-refractivity contribution in [2.45, 2.75) is 0 Å². The fraction of sp³-hybridized carbons (Fsp3) is 0.600. The van der Waals surface area contributed by atoms with Gasteiger partial charge in [0.25, 0.3) is 0 Å². The number of methoxy groups -OCH3 is 1. The molecule has 0 bridgehead atoms. The number of nitrogens with zero attached hydrogens (tertiary/aromatic N) is 1. The molecule has 9 heteroatoms. The summed E-state index contributed by atoms with van der Waals surface area (Å²) in [6.07, 6.45) is 1.48. The first-order chi connectivity index (χ1) is 11.7. The lowest BCUT2D eigenvalue weighted by molar-refractivity contribution is 0.0499. The molecule has 1 heterocycles. The van der Waals surface area contributed by atoms with Crippen LogP contribution in [-0.4, -0.2) is 82.9 Å². The Morgan fingerprint density at radius 2 is 1.71 bits per heavy atom. The lowest BCUT2D eigenvalue weighted by atomic mass is 10.3. The van der Waals surface area contributed by atoms with E-state index in [0.717, 1.165) is 20.8 Å². The summed E-state index contributed by atoms with van der Waals surface area (Å²) in [6.45, 7) is 2.09. The fourth-order valence-electron chi connectivity index (χ4n) is 1.40. The summed E-state index contributed by atoms with van der Waals surface area (Å²) in [4.78, 5) is 15.9. The summed E-state index contributed by atoms with van der Waals surface area (Å²) in [5, 5.41) is 19.9. The van der Waals surface area contributed by atoms with E-state index in [4.69, 9.17) is 24.4 Å². The Morgan fingerprint density at radius 1 is 1.12 bits per heavy atom. The summed E-state index contributed by atoms with van der Waals surface area (Å²) in [5.41, 5.74) is 0.143. The largest absolute Gasteiger partial charge is 0.494 e. The molecule has 0 saturated carbocycles. The molecule has 1 aromatic rings. The molecule has 1 aromatic heterocycles. The van der Waals surface area contributed by atoms with E-state index in [1.165, 1.54) is 13.3 Å². The molecular weight excluding hydrogens is 318 g/mol. The number of aromatic nitrogens is 1. The third-order valence-electron chi connectivity index (χ3n) is 2.45. The number of pyridine rings is 1. The summed E-state index contributed by atoms with van der Waals surface area (Å²) >= 11 is 0. The zero-order chi connectivity index (χ0) is 18.8. The Balaban J connectivity index is 0. The third-order valence-corrected chi connectivity index (χ3v) is 2.45. The highest BCUT2D eigenvalue weighted by Crippen LogP contribution is 2.22. The molecule has 0 aromatic carbocycles. The van der Waals surface area contributed by atoms with Crippen molar-refractivity contribution in [1.82, 2.24) is 15.6 Å². The minimum absolute atomic E-state index is 0.143. The van der Waals surface area contributed by atoms with Crippen LogP contribution in [0.2, 0.25) is 0 Å². The number of esters is 1. The molecule has 24 heavy (non-hydrogen) atoms. The van der Waals surface area contributed by atoms with Crippen LogP contribution in [0.15, 0.2) is 12.3 Å². The topological polar surface area (TPSA) is 122 Å².